The first-order chi connectivity index (χ1) is 12.5. The Morgan fingerprint density at radius 3 is 2.54 bits per heavy atom. The molecule has 1 aromatic carbocycles. The van der Waals surface area contributed by atoms with Crippen LogP contribution in [0.5, 0.6) is 0 Å². The number of hydrogen-bond donors (Lipinski definition) is 2. The first kappa shape index (κ1) is 20.1. The first-order valence-corrected chi connectivity index (χ1v) is 9.83. The van der Waals surface area contributed by atoms with E-state index in [1.807, 2.05) is 41.9 Å². The van der Waals surface area contributed by atoms with E-state index in [0.29, 0.717) is 23.2 Å². The fourth-order valence-corrected chi connectivity index (χ4v) is 3.43. The average molecular weight is 376 g/mol. The number of nitrogens with two attached hydrogens (primary N) is 1. The summed E-state index contributed by atoms with van der Waals surface area (Å²) in [5.74, 6) is -0.529. The van der Waals surface area contributed by atoms with Gasteiger partial charge in [0.2, 0.25) is 0 Å². The maximum Gasteiger partial charge on any atom is 0.341 e. The fraction of sp³-hybridized carbons (Fsp3) is 0.400. The average Bonchev–Trinajstić information content (AvgIpc) is 3.04. The predicted octanol–water partition coefficient (Wildman–Crippen LogP) is 3.20. The molecule has 2 aromatic rings. The van der Waals surface area contributed by atoms with Crippen LogP contribution >= 0.6 is 11.3 Å². The molecule has 2 rings (SSSR count). The van der Waals surface area contributed by atoms with Crippen LogP contribution in [0.1, 0.15) is 43.1 Å². The van der Waals surface area contributed by atoms with Gasteiger partial charge in [-0.3, -0.25) is 4.79 Å². The summed E-state index contributed by atoms with van der Waals surface area (Å²) >= 11 is 1.35. The largest absolute Gasteiger partial charge is 0.462 e. The lowest BCUT2D eigenvalue weighted by molar-refractivity contribution is -0.675. The van der Waals surface area contributed by atoms with Crippen molar-refractivity contribution in [2.45, 2.75) is 40.2 Å². The molecular formula is C20H27N2O3S+. The minimum atomic E-state index is -0.412. The zero-order valence-corrected chi connectivity index (χ0v) is 16.6. The van der Waals surface area contributed by atoms with Gasteiger partial charge in [-0.15, -0.1) is 11.3 Å². The molecule has 140 valence electrons. The lowest BCUT2D eigenvalue weighted by Crippen LogP contribution is -2.90. The molecule has 1 atom stereocenters. The number of benzene rings is 1. The second-order valence-corrected chi connectivity index (χ2v) is 7.19. The van der Waals surface area contributed by atoms with Gasteiger partial charge < -0.3 is 15.4 Å². The summed E-state index contributed by atoms with van der Waals surface area (Å²) in [4.78, 5) is 24.8. The smallest absolute Gasteiger partial charge is 0.341 e. The highest BCUT2D eigenvalue weighted by molar-refractivity contribution is 7.15. The van der Waals surface area contributed by atoms with Crippen molar-refractivity contribution < 1.29 is 19.6 Å². The van der Waals surface area contributed by atoms with E-state index in [2.05, 4.69) is 19.2 Å². The monoisotopic (exact) mass is 375 g/mol. The highest BCUT2D eigenvalue weighted by atomic mass is 32.1. The van der Waals surface area contributed by atoms with E-state index in [1.54, 1.807) is 6.92 Å². The number of quaternary nitrogens is 1. The number of thiophene rings is 1. The van der Waals surface area contributed by atoms with Crippen LogP contribution in [0.25, 0.3) is 11.1 Å². The Balaban J connectivity index is 2.27. The van der Waals surface area contributed by atoms with Crippen molar-refractivity contribution in [3.8, 4) is 11.1 Å². The van der Waals surface area contributed by atoms with Gasteiger partial charge in [0, 0.05) is 10.9 Å². The van der Waals surface area contributed by atoms with Gasteiger partial charge in [0.05, 0.1) is 12.6 Å². The van der Waals surface area contributed by atoms with Crippen molar-refractivity contribution >= 4 is 28.2 Å². The minimum absolute atomic E-state index is 0.117. The molecule has 0 radical (unpaired) electrons. The SMILES string of the molecule is CCOC(=O)c1c(-c2ccc(C)cc2)csc1NC(=O)C[NH2+]C(C)CC. The van der Waals surface area contributed by atoms with Gasteiger partial charge in [-0.05, 0) is 32.8 Å². The van der Waals surface area contributed by atoms with Crippen molar-refractivity contribution in [1.82, 2.24) is 0 Å². The van der Waals surface area contributed by atoms with Gasteiger partial charge in [0.1, 0.15) is 10.6 Å². The van der Waals surface area contributed by atoms with Crippen LogP contribution in [0.3, 0.4) is 0 Å². The topological polar surface area (TPSA) is 72.0 Å². The Morgan fingerprint density at radius 1 is 1.23 bits per heavy atom. The van der Waals surface area contributed by atoms with Gasteiger partial charge >= 0.3 is 5.97 Å². The Morgan fingerprint density at radius 2 is 1.92 bits per heavy atom. The lowest BCUT2D eigenvalue weighted by atomic mass is 10.0. The number of esters is 1. The third-order valence-corrected chi connectivity index (χ3v) is 5.13. The fourth-order valence-electron chi connectivity index (χ4n) is 2.45. The van der Waals surface area contributed by atoms with Gasteiger partial charge in [0.15, 0.2) is 6.54 Å². The summed E-state index contributed by atoms with van der Waals surface area (Å²) in [5, 5.41) is 7.31. The molecule has 0 saturated heterocycles. The zero-order valence-electron chi connectivity index (χ0n) is 15.8. The molecule has 0 saturated carbocycles. The first-order valence-electron chi connectivity index (χ1n) is 8.95. The van der Waals surface area contributed by atoms with E-state index in [-0.39, 0.29) is 12.5 Å². The van der Waals surface area contributed by atoms with Crippen LogP contribution in [-0.2, 0) is 9.53 Å². The van der Waals surface area contributed by atoms with Crippen molar-refractivity contribution in [3.63, 3.8) is 0 Å². The summed E-state index contributed by atoms with van der Waals surface area (Å²) in [6.45, 7) is 8.58. The van der Waals surface area contributed by atoms with E-state index in [1.165, 1.54) is 11.3 Å². The number of aryl methyl sites for hydroxylation is 1. The quantitative estimate of drug-likeness (QED) is 0.696. The van der Waals surface area contributed by atoms with E-state index in [0.717, 1.165) is 23.1 Å². The highest BCUT2D eigenvalue weighted by Gasteiger charge is 2.23. The summed E-state index contributed by atoms with van der Waals surface area (Å²) in [5.41, 5.74) is 3.30. The molecule has 0 fully saturated rings. The predicted molar refractivity (Wildman–Crippen MR) is 106 cm³/mol. The number of carbonyl (C=O) groups excluding carboxylic acids is 2. The molecule has 1 heterocycles. The number of anilines is 1. The molecule has 0 bridgehead atoms. The second kappa shape index (κ2) is 9.50. The van der Waals surface area contributed by atoms with Gasteiger partial charge in [-0.25, -0.2) is 4.79 Å². The second-order valence-electron chi connectivity index (χ2n) is 6.31. The normalized spacial score (nSPS) is 11.8. The summed E-state index contributed by atoms with van der Waals surface area (Å²) in [6.07, 6.45) is 0.998. The molecule has 0 aliphatic heterocycles. The molecule has 0 aliphatic rings. The van der Waals surface area contributed by atoms with Gasteiger partial charge in [-0.2, -0.15) is 0 Å². The third-order valence-electron chi connectivity index (χ3n) is 4.24. The zero-order chi connectivity index (χ0) is 19.1. The van der Waals surface area contributed by atoms with Gasteiger partial charge in [0.25, 0.3) is 5.91 Å². The summed E-state index contributed by atoms with van der Waals surface area (Å²) in [7, 11) is 0. The standard InChI is InChI=1S/C20H26N2O3S/c1-5-14(4)21-11-17(23)22-19-18(20(24)25-6-2)16(12-26-19)15-9-7-13(3)8-10-15/h7-10,12,14,21H,5-6,11H2,1-4H3,(H,22,23)/p+1. The molecule has 5 nitrogen and oxygen atoms in total. The van der Waals surface area contributed by atoms with Crippen LogP contribution < -0.4 is 10.6 Å². The molecule has 3 N–H and O–H groups in total. The number of carbonyl (C=O) groups is 2. The number of amides is 1. The number of nitrogens with one attached hydrogen (secondary N) is 1. The minimum Gasteiger partial charge on any atom is -0.462 e. The van der Waals surface area contributed by atoms with Crippen LogP contribution in [0, 0.1) is 6.92 Å². The highest BCUT2D eigenvalue weighted by Crippen LogP contribution is 2.36. The molecule has 1 amide bonds. The number of ether oxygens (including phenoxy) is 1. The Hall–Kier alpha value is -2.18. The Kier molecular flexibility index (Phi) is 7.36. The van der Waals surface area contributed by atoms with Crippen molar-refractivity contribution in [2.24, 2.45) is 0 Å². The number of hydrogen-bond acceptors (Lipinski definition) is 4. The van der Waals surface area contributed by atoms with Gasteiger partial charge in [-0.1, -0.05) is 36.8 Å². The molecule has 26 heavy (non-hydrogen) atoms. The Labute approximate surface area is 158 Å². The molecule has 1 aromatic heterocycles. The molecular weight excluding hydrogens is 348 g/mol. The Bertz CT molecular complexity index is 753. The van der Waals surface area contributed by atoms with Crippen LogP contribution in [-0.4, -0.2) is 31.1 Å². The molecule has 0 aliphatic carbocycles. The maximum atomic E-state index is 12.5. The maximum absolute atomic E-state index is 12.5. The summed E-state index contributed by atoms with van der Waals surface area (Å²) in [6, 6.07) is 8.34. The van der Waals surface area contributed by atoms with E-state index in [9.17, 15) is 9.59 Å². The van der Waals surface area contributed by atoms with E-state index in [4.69, 9.17) is 4.74 Å². The molecule has 1 unspecified atom stereocenters. The molecule has 6 heteroatoms. The van der Waals surface area contributed by atoms with Crippen LogP contribution in [0.2, 0.25) is 0 Å². The lowest BCUT2D eigenvalue weighted by Gasteiger charge is -2.10. The van der Waals surface area contributed by atoms with Crippen molar-refractivity contribution in [3.05, 3.63) is 40.8 Å². The number of rotatable bonds is 8. The molecule has 0 spiro atoms. The third kappa shape index (κ3) is 5.16. The summed E-state index contributed by atoms with van der Waals surface area (Å²) < 4.78 is 5.22. The van der Waals surface area contributed by atoms with Crippen LogP contribution in [0.15, 0.2) is 29.6 Å². The van der Waals surface area contributed by atoms with E-state index >= 15 is 0 Å². The van der Waals surface area contributed by atoms with Crippen molar-refractivity contribution in [1.29, 1.82) is 0 Å². The van der Waals surface area contributed by atoms with E-state index < -0.39 is 5.97 Å². The van der Waals surface area contributed by atoms with Crippen LogP contribution in [0.4, 0.5) is 5.00 Å². The van der Waals surface area contributed by atoms with Crippen molar-refractivity contribution in [2.75, 3.05) is 18.5 Å².